The highest BCUT2D eigenvalue weighted by atomic mass is 35.5. The van der Waals surface area contributed by atoms with Gasteiger partial charge in [0.15, 0.2) is 5.78 Å². The first-order valence-electron chi connectivity index (χ1n) is 10.7. The SMILES string of the molecule is C[C@@H](CC(=O)c1ccc(/C(F)=C/C(c2cc(Cl)c(Cl)c(Cl)c2)C(F)(F)F)cc1C(F)(F)F)CS(=O)CCF. The van der Waals surface area contributed by atoms with Gasteiger partial charge in [-0.2, -0.15) is 26.3 Å². The maximum atomic E-state index is 15.0. The van der Waals surface area contributed by atoms with Crippen LogP contribution in [0.15, 0.2) is 36.4 Å². The van der Waals surface area contributed by atoms with Gasteiger partial charge in [0.25, 0.3) is 0 Å². The molecule has 2 nitrogen and oxygen atoms in total. The molecule has 0 bridgehead atoms. The number of carbonyl (C=O) groups excluding carboxylic acids is 1. The molecule has 0 spiro atoms. The lowest BCUT2D eigenvalue weighted by Crippen LogP contribution is -2.19. The van der Waals surface area contributed by atoms with Crippen molar-refractivity contribution in [3.8, 4) is 0 Å². The molecular weight excluding hydrogens is 611 g/mol. The Hall–Kier alpha value is -1.69. The molecule has 0 saturated carbocycles. The molecule has 0 aromatic heterocycles. The van der Waals surface area contributed by atoms with Crippen molar-refractivity contribution in [2.45, 2.75) is 31.6 Å². The third kappa shape index (κ3) is 8.66. The van der Waals surface area contributed by atoms with Crippen LogP contribution < -0.4 is 0 Å². The van der Waals surface area contributed by atoms with Crippen molar-refractivity contribution in [3.63, 3.8) is 0 Å². The summed E-state index contributed by atoms with van der Waals surface area (Å²) < 4.78 is 121. The number of ketones is 1. The number of carbonyl (C=O) groups is 1. The summed E-state index contributed by atoms with van der Waals surface area (Å²) in [6, 6.07) is 3.26. The van der Waals surface area contributed by atoms with Gasteiger partial charge in [-0.25, -0.2) is 4.39 Å². The fraction of sp³-hybridized carbons (Fsp3) is 0.375. The van der Waals surface area contributed by atoms with E-state index in [9.17, 15) is 44.1 Å². The number of halogens is 11. The van der Waals surface area contributed by atoms with Crippen molar-refractivity contribution >= 4 is 57.2 Å². The van der Waals surface area contributed by atoms with Crippen LogP contribution in [0.1, 0.15) is 46.3 Å². The number of hydrogen-bond donors (Lipinski definition) is 0. The van der Waals surface area contributed by atoms with Gasteiger partial charge in [0, 0.05) is 34.1 Å². The van der Waals surface area contributed by atoms with Gasteiger partial charge in [0.05, 0.1) is 26.4 Å². The van der Waals surface area contributed by atoms with E-state index in [2.05, 4.69) is 0 Å². The molecule has 210 valence electrons. The van der Waals surface area contributed by atoms with Crippen molar-refractivity contribution in [3.05, 3.63) is 73.7 Å². The third-order valence-corrected chi connectivity index (χ3v) is 7.99. The minimum atomic E-state index is -5.15. The van der Waals surface area contributed by atoms with Gasteiger partial charge in [-0.3, -0.25) is 13.4 Å². The molecule has 0 aliphatic carbocycles. The summed E-state index contributed by atoms with van der Waals surface area (Å²) in [6.07, 6.45) is -10.6. The van der Waals surface area contributed by atoms with Gasteiger partial charge in [-0.1, -0.05) is 53.9 Å². The first-order valence-corrected chi connectivity index (χ1v) is 13.3. The van der Waals surface area contributed by atoms with E-state index in [0.717, 1.165) is 18.2 Å². The molecule has 14 heteroatoms. The average Bonchev–Trinajstić information content (AvgIpc) is 2.78. The fourth-order valence-electron chi connectivity index (χ4n) is 3.52. The van der Waals surface area contributed by atoms with Gasteiger partial charge >= 0.3 is 12.4 Å². The summed E-state index contributed by atoms with van der Waals surface area (Å²) in [5.74, 6) is -6.34. The second-order valence-corrected chi connectivity index (χ2v) is 11.1. The van der Waals surface area contributed by atoms with E-state index in [1.807, 2.05) is 0 Å². The maximum Gasteiger partial charge on any atom is 0.417 e. The van der Waals surface area contributed by atoms with Gasteiger partial charge < -0.3 is 0 Å². The zero-order valence-corrected chi connectivity index (χ0v) is 22.4. The summed E-state index contributed by atoms with van der Waals surface area (Å²) in [4.78, 5) is 12.6. The lowest BCUT2D eigenvalue weighted by atomic mass is 9.93. The molecule has 3 atom stereocenters. The van der Waals surface area contributed by atoms with Crippen LogP contribution in [-0.2, 0) is 17.0 Å². The van der Waals surface area contributed by atoms with Gasteiger partial charge in [-0.05, 0) is 35.8 Å². The van der Waals surface area contributed by atoms with E-state index < -0.39 is 81.9 Å². The van der Waals surface area contributed by atoms with Crippen molar-refractivity contribution in [2.75, 3.05) is 18.2 Å². The van der Waals surface area contributed by atoms with Crippen molar-refractivity contribution in [1.82, 2.24) is 0 Å². The Morgan fingerprint density at radius 2 is 1.61 bits per heavy atom. The molecule has 0 radical (unpaired) electrons. The van der Waals surface area contributed by atoms with E-state index in [0.29, 0.717) is 6.07 Å². The second kappa shape index (κ2) is 13.1. The molecule has 38 heavy (non-hydrogen) atoms. The Labute approximate surface area is 230 Å². The normalized spacial score (nSPS) is 15.3. The zero-order chi connectivity index (χ0) is 29.0. The average molecular weight is 630 g/mol. The van der Waals surface area contributed by atoms with E-state index >= 15 is 0 Å². The molecule has 0 fully saturated rings. The van der Waals surface area contributed by atoms with Crippen LogP contribution in [0.25, 0.3) is 5.83 Å². The topological polar surface area (TPSA) is 34.1 Å². The van der Waals surface area contributed by atoms with Crippen LogP contribution in [0.2, 0.25) is 15.1 Å². The molecule has 2 unspecified atom stereocenters. The zero-order valence-electron chi connectivity index (χ0n) is 19.3. The van der Waals surface area contributed by atoms with Crippen molar-refractivity contribution in [1.29, 1.82) is 0 Å². The second-order valence-electron chi connectivity index (χ2n) is 8.32. The predicted octanol–water partition coefficient (Wildman–Crippen LogP) is 9.25. The summed E-state index contributed by atoms with van der Waals surface area (Å²) in [6.45, 7) is 0.587. The number of allylic oxidation sites excluding steroid dienone is 1. The number of alkyl halides is 7. The van der Waals surface area contributed by atoms with E-state index in [-0.39, 0.29) is 38.7 Å². The maximum absolute atomic E-state index is 15.0. The number of Topliss-reactive ketones (excluding diaryl/α,β-unsaturated/α-hetero) is 1. The molecule has 2 aromatic rings. The largest absolute Gasteiger partial charge is 0.417 e. The Morgan fingerprint density at radius 1 is 1.03 bits per heavy atom. The van der Waals surface area contributed by atoms with Crippen LogP contribution >= 0.6 is 34.8 Å². The highest BCUT2D eigenvalue weighted by Crippen LogP contribution is 2.43. The summed E-state index contributed by atoms with van der Waals surface area (Å²) in [7, 11) is -1.61. The van der Waals surface area contributed by atoms with E-state index in [1.165, 1.54) is 6.92 Å². The number of hydrogen-bond acceptors (Lipinski definition) is 2. The van der Waals surface area contributed by atoms with Crippen LogP contribution in [0.4, 0.5) is 35.1 Å². The summed E-state index contributed by atoms with van der Waals surface area (Å²) >= 11 is 17.3. The Kier molecular flexibility index (Phi) is 11.2. The van der Waals surface area contributed by atoms with Crippen LogP contribution in [0.3, 0.4) is 0 Å². The molecule has 0 aliphatic rings. The quantitative estimate of drug-likeness (QED) is 0.149. The van der Waals surface area contributed by atoms with Crippen molar-refractivity contribution < 1.29 is 44.1 Å². The Morgan fingerprint density at radius 3 is 2.11 bits per heavy atom. The molecule has 2 rings (SSSR count). The Balaban J connectivity index is 2.48. The molecular formula is C24H19Cl3F8O2S. The van der Waals surface area contributed by atoms with Crippen LogP contribution in [-0.4, -0.2) is 34.3 Å². The number of benzene rings is 2. The minimum absolute atomic E-state index is 0.0646. The molecule has 0 heterocycles. The molecule has 2 aromatic carbocycles. The lowest BCUT2D eigenvalue weighted by molar-refractivity contribution is -0.140. The van der Waals surface area contributed by atoms with Crippen molar-refractivity contribution in [2.24, 2.45) is 5.92 Å². The first kappa shape index (κ1) is 32.5. The first-order chi connectivity index (χ1) is 17.4. The molecule has 0 N–H and O–H groups in total. The standard InChI is InChI=1S/C24H19Cl3F8O2S/c1-12(11-38(37)5-4-28)6-21(36)15-3-2-13(7-17(15)24(33,34)35)20(29)10-16(23(30,31)32)14-8-18(25)22(27)19(26)9-14/h2-3,7-10,12,16H,4-6,11H2,1H3/b20-10-/t12-,16?,38?/m0/s1. The summed E-state index contributed by atoms with van der Waals surface area (Å²) in [5.41, 5.74) is -3.84. The monoisotopic (exact) mass is 628 g/mol. The molecule has 0 saturated heterocycles. The van der Waals surface area contributed by atoms with Crippen LogP contribution in [0.5, 0.6) is 0 Å². The number of rotatable bonds is 10. The third-order valence-electron chi connectivity index (χ3n) is 5.24. The minimum Gasteiger partial charge on any atom is -0.294 e. The predicted molar refractivity (Wildman–Crippen MR) is 133 cm³/mol. The lowest BCUT2D eigenvalue weighted by Gasteiger charge is -2.19. The van der Waals surface area contributed by atoms with E-state index in [1.54, 1.807) is 0 Å². The molecule has 0 amide bonds. The molecule has 0 aliphatic heterocycles. The fourth-order valence-corrected chi connectivity index (χ4v) is 5.22. The Bertz CT molecular complexity index is 1210. The van der Waals surface area contributed by atoms with Gasteiger partial charge in [-0.15, -0.1) is 0 Å². The van der Waals surface area contributed by atoms with Gasteiger partial charge in [0.1, 0.15) is 18.4 Å². The van der Waals surface area contributed by atoms with Gasteiger partial charge in [0.2, 0.25) is 0 Å². The highest BCUT2D eigenvalue weighted by Gasteiger charge is 2.41. The summed E-state index contributed by atoms with van der Waals surface area (Å²) in [5, 5.41) is -0.926. The smallest absolute Gasteiger partial charge is 0.294 e. The van der Waals surface area contributed by atoms with E-state index in [4.69, 9.17) is 34.8 Å². The highest BCUT2D eigenvalue weighted by molar-refractivity contribution is 7.85. The van der Waals surface area contributed by atoms with Crippen LogP contribution in [0, 0.1) is 5.92 Å².